The number of alkyl carbamates (subject to hydrolysis) is 1. The summed E-state index contributed by atoms with van der Waals surface area (Å²) in [5.74, 6) is -1.59. The molecule has 59 heavy (non-hydrogen) atoms. The number of sulfonamides is 1. The molecule has 0 spiro atoms. The number of benzene rings is 3. The molecule has 1 aromatic heterocycles. The Balaban J connectivity index is 1.20. The minimum Gasteiger partial charge on any atom is -0.497 e. The Hall–Kier alpha value is -5.96. The van der Waals surface area contributed by atoms with Crippen molar-refractivity contribution in [3.8, 4) is 22.8 Å². The molecule has 3 N–H and O–H groups in total. The SMILES string of the molecule is C=C[C@@H]1C[C@]1(NC(=O)C1CC(Oc2cc(-c3ccccc3)nc3cc(OC)ccc23)CN1C(=O)[C@@H](NC(=O)OCc1ccccc1)C(C)(C)C)C(=O)NS(=O)(=O)C1CC1. The van der Waals surface area contributed by atoms with Gasteiger partial charge in [-0.1, -0.05) is 87.5 Å². The van der Waals surface area contributed by atoms with E-state index in [0.29, 0.717) is 40.9 Å². The van der Waals surface area contributed by atoms with E-state index in [1.54, 1.807) is 40.0 Å². The monoisotopic (exact) mass is 823 g/mol. The number of methoxy groups -OCH3 is 1. The van der Waals surface area contributed by atoms with Crippen LogP contribution in [0.3, 0.4) is 0 Å². The number of carbonyl (C=O) groups is 4. The van der Waals surface area contributed by atoms with Crippen molar-refractivity contribution in [2.75, 3.05) is 13.7 Å². The molecular formula is C44H49N5O9S. The van der Waals surface area contributed by atoms with Crippen molar-refractivity contribution in [1.29, 1.82) is 0 Å². The predicted octanol–water partition coefficient (Wildman–Crippen LogP) is 5.27. The van der Waals surface area contributed by atoms with Gasteiger partial charge in [0.25, 0.3) is 5.91 Å². The highest BCUT2D eigenvalue weighted by Crippen LogP contribution is 2.46. The van der Waals surface area contributed by atoms with Crippen molar-refractivity contribution < 1.29 is 41.8 Å². The number of rotatable bonds is 14. The Labute approximate surface area is 343 Å². The van der Waals surface area contributed by atoms with Gasteiger partial charge in [-0.15, -0.1) is 6.58 Å². The van der Waals surface area contributed by atoms with Crippen LogP contribution in [0.2, 0.25) is 0 Å². The molecule has 5 atom stereocenters. The first-order valence-electron chi connectivity index (χ1n) is 19.6. The van der Waals surface area contributed by atoms with Crippen LogP contribution in [0.4, 0.5) is 4.79 Å². The summed E-state index contributed by atoms with van der Waals surface area (Å²) < 4.78 is 45.5. The van der Waals surface area contributed by atoms with Gasteiger partial charge in [0.15, 0.2) is 0 Å². The van der Waals surface area contributed by atoms with Crippen LogP contribution in [-0.2, 0) is 35.8 Å². The summed E-state index contributed by atoms with van der Waals surface area (Å²) >= 11 is 0. The van der Waals surface area contributed by atoms with Crippen molar-refractivity contribution in [3.63, 3.8) is 0 Å². The Morgan fingerprint density at radius 1 is 1.00 bits per heavy atom. The Kier molecular flexibility index (Phi) is 11.4. The van der Waals surface area contributed by atoms with Crippen LogP contribution in [0.1, 0.15) is 52.0 Å². The number of amides is 4. The van der Waals surface area contributed by atoms with E-state index in [-0.39, 0.29) is 26.0 Å². The molecule has 3 aromatic carbocycles. The van der Waals surface area contributed by atoms with Crippen molar-refractivity contribution in [1.82, 2.24) is 25.2 Å². The van der Waals surface area contributed by atoms with Gasteiger partial charge < -0.3 is 29.7 Å². The molecule has 4 aromatic rings. The van der Waals surface area contributed by atoms with E-state index < -0.39 is 74.1 Å². The van der Waals surface area contributed by atoms with E-state index in [9.17, 15) is 27.6 Å². The van der Waals surface area contributed by atoms with E-state index in [1.807, 2.05) is 72.8 Å². The van der Waals surface area contributed by atoms with Gasteiger partial charge in [0.2, 0.25) is 21.8 Å². The third-order valence-corrected chi connectivity index (χ3v) is 12.8. The lowest BCUT2D eigenvalue weighted by Crippen LogP contribution is -2.60. The highest BCUT2D eigenvalue weighted by molar-refractivity contribution is 7.91. The van der Waals surface area contributed by atoms with Gasteiger partial charge in [0.05, 0.1) is 30.1 Å². The largest absolute Gasteiger partial charge is 0.497 e. The number of carbonyl (C=O) groups excluding carboxylic acids is 4. The third-order valence-electron chi connectivity index (χ3n) is 11.0. The van der Waals surface area contributed by atoms with Crippen LogP contribution < -0.4 is 24.8 Å². The maximum Gasteiger partial charge on any atom is 0.408 e. The van der Waals surface area contributed by atoms with Crippen molar-refractivity contribution in [2.45, 2.75) is 82.0 Å². The molecule has 14 nitrogen and oxygen atoms in total. The molecule has 15 heteroatoms. The van der Waals surface area contributed by atoms with Crippen LogP contribution in [0, 0.1) is 11.3 Å². The summed E-state index contributed by atoms with van der Waals surface area (Å²) in [6.07, 6.45) is 0.967. The molecule has 0 bridgehead atoms. The number of nitrogens with zero attached hydrogens (tertiary/aromatic N) is 2. The molecule has 2 saturated carbocycles. The average molecular weight is 824 g/mol. The van der Waals surface area contributed by atoms with Crippen molar-refractivity contribution in [3.05, 3.63) is 103 Å². The number of hydrogen-bond donors (Lipinski definition) is 3. The fourth-order valence-electron chi connectivity index (χ4n) is 7.43. The summed E-state index contributed by atoms with van der Waals surface area (Å²) in [7, 11) is -2.36. The number of likely N-dealkylation sites (tertiary alicyclic amines) is 1. The molecule has 0 radical (unpaired) electrons. The lowest BCUT2D eigenvalue weighted by molar-refractivity contribution is -0.142. The van der Waals surface area contributed by atoms with Crippen LogP contribution in [0.15, 0.2) is 97.6 Å². The van der Waals surface area contributed by atoms with Crippen molar-refractivity contribution >= 4 is 44.7 Å². The van der Waals surface area contributed by atoms with Gasteiger partial charge in [-0.2, -0.15) is 0 Å². The maximum absolute atomic E-state index is 14.8. The number of pyridine rings is 1. The first kappa shape index (κ1) is 41.2. The maximum atomic E-state index is 14.8. The summed E-state index contributed by atoms with van der Waals surface area (Å²) in [4.78, 5) is 62.3. The lowest BCUT2D eigenvalue weighted by atomic mass is 9.85. The minimum absolute atomic E-state index is 0.00432. The molecular weight excluding hydrogens is 775 g/mol. The predicted molar refractivity (Wildman–Crippen MR) is 221 cm³/mol. The molecule has 2 unspecified atom stereocenters. The standard InChI is InChI=1S/C44H49N5O9S/c1-6-29-24-44(29,41(52)48-59(54,55)32-18-19-32)47-39(50)36-22-31(25-49(36)40(51)38(43(2,3)4)46-42(53)57-26-27-13-9-7-10-14-27)58-37-23-34(28-15-11-8-12-16-28)45-35-21-30(56-5)17-20-33(35)37/h6-17,20-21,23,29,31-32,36,38H,1,18-19,22,24-26H2,2-5H3,(H,46,53)(H,47,50)(H,48,52)/t29-,31?,36?,38-,44-/m1/s1. The fourth-order valence-corrected chi connectivity index (χ4v) is 8.79. The fraction of sp³-hybridized carbons (Fsp3) is 0.386. The van der Waals surface area contributed by atoms with Crippen molar-refractivity contribution in [2.24, 2.45) is 11.3 Å². The van der Waals surface area contributed by atoms with E-state index in [4.69, 9.17) is 19.2 Å². The number of hydrogen-bond acceptors (Lipinski definition) is 10. The van der Waals surface area contributed by atoms with Gasteiger partial charge in [0.1, 0.15) is 41.8 Å². The summed E-state index contributed by atoms with van der Waals surface area (Å²) in [5, 5.41) is 5.57. The molecule has 310 valence electrons. The minimum atomic E-state index is -3.93. The molecule has 2 heterocycles. The first-order chi connectivity index (χ1) is 28.1. The zero-order chi connectivity index (χ0) is 42.1. The summed E-state index contributed by atoms with van der Waals surface area (Å²) in [6, 6.07) is 23.6. The normalized spacial score (nSPS) is 21.8. The Morgan fingerprint density at radius 2 is 1.69 bits per heavy atom. The molecule has 1 aliphatic heterocycles. The topological polar surface area (TPSA) is 182 Å². The van der Waals surface area contributed by atoms with Gasteiger partial charge in [-0.25, -0.2) is 18.2 Å². The third kappa shape index (κ3) is 9.04. The lowest BCUT2D eigenvalue weighted by Gasteiger charge is -2.35. The highest BCUT2D eigenvalue weighted by atomic mass is 32.2. The number of aromatic nitrogens is 1. The van der Waals surface area contributed by atoms with Crippen LogP contribution in [-0.4, -0.2) is 84.7 Å². The van der Waals surface area contributed by atoms with E-state index in [2.05, 4.69) is 21.9 Å². The van der Waals surface area contributed by atoms with E-state index >= 15 is 0 Å². The van der Waals surface area contributed by atoms with E-state index in [1.165, 1.54) is 11.0 Å². The zero-order valence-corrected chi connectivity index (χ0v) is 34.3. The highest BCUT2D eigenvalue weighted by Gasteiger charge is 2.62. The molecule has 3 fully saturated rings. The Morgan fingerprint density at radius 3 is 2.32 bits per heavy atom. The second kappa shape index (κ2) is 16.4. The number of fused-ring (bicyclic) bond motifs is 1. The second-order valence-electron chi connectivity index (χ2n) is 16.4. The van der Waals surface area contributed by atoms with Crippen LogP contribution in [0.25, 0.3) is 22.2 Å². The zero-order valence-electron chi connectivity index (χ0n) is 33.5. The second-order valence-corrected chi connectivity index (χ2v) is 18.4. The van der Waals surface area contributed by atoms with Gasteiger partial charge >= 0.3 is 6.09 Å². The average Bonchev–Trinajstić information content (AvgIpc) is 4.15. The molecule has 2 aliphatic carbocycles. The molecule has 3 aliphatic rings. The van der Waals surface area contributed by atoms with Gasteiger partial charge in [-0.3, -0.25) is 19.1 Å². The summed E-state index contributed by atoms with van der Waals surface area (Å²) in [6.45, 7) is 9.06. The summed E-state index contributed by atoms with van der Waals surface area (Å²) in [5.41, 5.74) is 0.403. The van der Waals surface area contributed by atoms with E-state index in [0.717, 1.165) is 11.1 Å². The molecule has 4 amide bonds. The van der Waals surface area contributed by atoms with Crippen LogP contribution in [0.5, 0.6) is 11.5 Å². The van der Waals surface area contributed by atoms with Crippen LogP contribution >= 0.6 is 0 Å². The first-order valence-corrected chi connectivity index (χ1v) is 21.2. The quantitative estimate of drug-likeness (QED) is 0.142. The molecule has 7 rings (SSSR count). The smallest absolute Gasteiger partial charge is 0.408 e. The Bertz CT molecular complexity index is 2370. The number of nitrogens with one attached hydrogen (secondary N) is 3. The number of ether oxygens (including phenoxy) is 3. The molecule has 1 saturated heterocycles. The van der Waals surface area contributed by atoms with Gasteiger partial charge in [-0.05, 0) is 42.4 Å². The van der Waals surface area contributed by atoms with Gasteiger partial charge in [0, 0.05) is 35.4 Å².